The quantitative estimate of drug-likeness (QED) is 0.885. The van der Waals surface area contributed by atoms with E-state index in [1.54, 1.807) is 16.8 Å². The van der Waals surface area contributed by atoms with E-state index >= 15 is 0 Å². The van der Waals surface area contributed by atoms with Crippen molar-refractivity contribution in [3.63, 3.8) is 0 Å². The molecule has 148 valence electrons. The predicted octanol–water partition coefficient (Wildman–Crippen LogP) is 3.27. The Bertz CT molecular complexity index is 850. The molecule has 2 aliphatic rings. The molecule has 1 saturated heterocycles. The van der Waals surface area contributed by atoms with Crippen LogP contribution in [0.2, 0.25) is 0 Å². The topological polar surface area (TPSA) is 67.2 Å². The van der Waals surface area contributed by atoms with E-state index in [1.807, 2.05) is 35.2 Å². The summed E-state index contributed by atoms with van der Waals surface area (Å²) < 4.78 is 1.58. The van der Waals surface area contributed by atoms with E-state index in [0.29, 0.717) is 18.5 Å². The Hall–Kier alpha value is -2.63. The van der Waals surface area contributed by atoms with Gasteiger partial charge in [0.1, 0.15) is 0 Å². The van der Waals surface area contributed by atoms with Crippen LogP contribution in [0.15, 0.2) is 47.3 Å². The fourth-order valence-corrected chi connectivity index (χ4v) is 4.24. The molecule has 1 aliphatic heterocycles. The predicted molar refractivity (Wildman–Crippen MR) is 109 cm³/mol. The average Bonchev–Trinajstić information content (AvgIpc) is 3.24. The van der Waals surface area contributed by atoms with E-state index in [1.165, 1.54) is 12.8 Å². The minimum atomic E-state index is -0.0684. The van der Waals surface area contributed by atoms with Gasteiger partial charge in [-0.2, -0.15) is 5.10 Å². The summed E-state index contributed by atoms with van der Waals surface area (Å²) in [4.78, 5) is 26.6. The van der Waals surface area contributed by atoms with E-state index in [-0.39, 0.29) is 11.6 Å². The Morgan fingerprint density at radius 3 is 2.43 bits per heavy atom. The Morgan fingerprint density at radius 2 is 1.71 bits per heavy atom. The molecular formula is C22H28N4O2. The van der Waals surface area contributed by atoms with Crippen LogP contribution in [0.3, 0.4) is 0 Å². The lowest BCUT2D eigenvalue weighted by Crippen LogP contribution is -2.47. The van der Waals surface area contributed by atoms with Crippen LogP contribution in [0.4, 0.5) is 4.79 Å². The van der Waals surface area contributed by atoms with Gasteiger partial charge in [-0.3, -0.25) is 4.79 Å². The smallest absolute Gasteiger partial charge is 0.317 e. The molecule has 0 spiro atoms. The first kappa shape index (κ1) is 18.7. The third-order valence-corrected chi connectivity index (χ3v) is 5.95. The molecule has 0 radical (unpaired) electrons. The minimum absolute atomic E-state index is 0.0684. The summed E-state index contributed by atoms with van der Waals surface area (Å²) in [5, 5.41) is 7.74. The normalized spacial score (nSPS) is 18.4. The van der Waals surface area contributed by atoms with Gasteiger partial charge in [0.05, 0.1) is 5.69 Å². The van der Waals surface area contributed by atoms with Crippen LogP contribution in [0.25, 0.3) is 11.3 Å². The molecule has 0 unspecified atom stereocenters. The van der Waals surface area contributed by atoms with Gasteiger partial charge < -0.3 is 10.2 Å². The number of hydrogen-bond donors (Lipinski definition) is 1. The number of hydrogen-bond acceptors (Lipinski definition) is 3. The van der Waals surface area contributed by atoms with E-state index in [4.69, 9.17) is 0 Å². The fourth-order valence-electron chi connectivity index (χ4n) is 4.24. The highest BCUT2D eigenvalue weighted by molar-refractivity contribution is 5.74. The maximum atomic E-state index is 12.4. The van der Waals surface area contributed by atoms with Crippen LogP contribution in [0.1, 0.15) is 38.5 Å². The number of urea groups is 1. The summed E-state index contributed by atoms with van der Waals surface area (Å²) in [6.07, 6.45) is 6.46. The second kappa shape index (κ2) is 8.59. The second-order valence-electron chi connectivity index (χ2n) is 7.97. The molecule has 1 aromatic carbocycles. The number of amides is 2. The summed E-state index contributed by atoms with van der Waals surface area (Å²) in [6.45, 7) is 2.10. The number of nitrogens with zero attached hydrogens (tertiary/aromatic N) is 3. The number of rotatable bonds is 4. The second-order valence-corrected chi connectivity index (χ2v) is 7.97. The third kappa shape index (κ3) is 4.43. The highest BCUT2D eigenvalue weighted by Crippen LogP contribution is 2.21. The monoisotopic (exact) mass is 380 g/mol. The van der Waals surface area contributed by atoms with Gasteiger partial charge >= 0.3 is 6.03 Å². The zero-order valence-corrected chi connectivity index (χ0v) is 16.2. The standard InChI is InChI=1S/C22H28N4O2/c27-21-11-10-20(18-6-2-1-3-7-18)24-26(21)16-17-12-14-25(15-13-17)22(28)23-19-8-4-5-9-19/h1-3,6-7,10-11,17,19H,4-5,8-9,12-16H2,(H,23,28). The fraction of sp³-hybridized carbons (Fsp3) is 0.500. The lowest BCUT2D eigenvalue weighted by Gasteiger charge is -2.32. The SMILES string of the molecule is O=C(NC1CCCC1)N1CCC(Cn2nc(-c3ccccc3)ccc2=O)CC1. The van der Waals surface area contributed by atoms with Crippen molar-refractivity contribution in [2.45, 2.75) is 51.1 Å². The molecule has 0 atom stereocenters. The lowest BCUT2D eigenvalue weighted by atomic mass is 9.97. The minimum Gasteiger partial charge on any atom is -0.335 e. The summed E-state index contributed by atoms with van der Waals surface area (Å²) in [5.74, 6) is 0.367. The zero-order valence-electron chi connectivity index (χ0n) is 16.2. The van der Waals surface area contributed by atoms with Crippen molar-refractivity contribution < 1.29 is 4.79 Å². The van der Waals surface area contributed by atoms with Gasteiger partial charge in [-0.25, -0.2) is 9.48 Å². The van der Waals surface area contributed by atoms with E-state index in [0.717, 1.165) is 50.0 Å². The van der Waals surface area contributed by atoms with Crippen LogP contribution < -0.4 is 10.9 Å². The van der Waals surface area contributed by atoms with Gasteiger partial charge in [0.2, 0.25) is 0 Å². The number of aromatic nitrogens is 2. The maximum absolute atomic E-state index is 12.4. The molecule has 6 nitrogen and oxygen atoms in total. The molecule has 28 heavy (non-hydrogen) atoms. The molecule has 4 rings (SSSR count). The summed E-state index contributed by atoms with van der Waals surface area (Å²) in [6, 6.07) is 13.7. The Labute approximate surface area is 165 Å². The van der Waals surface area contributed by atoms with E-state index in [9.17, 15) is 9.59 Å². The highest BCUT2D eigenvalue weighted by atomic mass is 16.2. The van der Waals surface area contributed by atoms with Crippen molar-refractivity contribution in [2.24, 2.45) is 5.92 Å². The number of nitrogens with one attached hydrogen (secondary N) is 1. The highest BCUT2D eigenvalue weighted by Gasteiger charge is 2.26. The molecule has 1 aromatic heterocycles. The summed E-state index contributed by atoms with van der Waals surface area (Å²) in [7, 11) is 0. The number of carbonyl (C=O) groups is 1. The lowest BCUT2D eigenvalue weighted by molar-refractivity contribution is 0.160. The number of piperidine rings is 1. The van der Waals surface area contributed by atoms with Crippen molar-refractivity contribution in [1.29, 1.82) is 0 Å². The number of likely N-dealkylation sites (tertiary alicyclic amines) is 1. The molecule has 1 N–H and O–H groups in total. The van der Waals surface area contributed by atoms with Crippen molar-refractivity contribution in [3.05, 3.63) is 52.8 Å². The molecule has 2 aromatic rings. The molecular weight excluding hydrogens is 352 g/mol. The molecule has 1 saturated carbocycles. The Morgan fingerprint density at radius 1 is 1.00 bits per heavy atom. The van der Waals surface area contributed by atoms with Gasteiger partial charge in [-0.1, -0.05) is 43.2 Å². The first-order chi connectivity index (χ1) is 13.7. The Kier molecular flexibility index (Phi) is 5.74. The van der Waals surface area contributed by atoms with Gasteiger partial charge in [0.25, 0.3) is 5.56 Å². The molecule has 6 heteroatoms. The van der Waals surface area contributed by atoms with Crippen LogP contribution in [0, 0.1) is 5.92 Å². The van der Waals surface area contributed by atoms with Crippen LogP contribution in [-0.4, -0.2) is 39.8 Å². The van der Waals surface area contributed by atoms with Crippen molar-refractivity contribution in [3.8, 4) is 11.3 Å². The third-order valence-electron chi connectivity index (χ3n) is 5.95. The number of benzene rings is 1. The zero-order chi connectivity index (χ0) is 19.3. The van der Waals surface area contributed by atoms with Crippen LogP contribution in [0.5, 0.6) is 0 Å². The summed E-state index contributed by atoms with van der Waals surface area (Å²) in [5.41, 5.74) is 1.75. The van der Waals surface area contributed by atoms with E-state index < -0.39 is 0 Å². The molecule has 2 heterocycles. The van der Waals surface area contributed by atoms with E-state index in [2.05, 4.69) is 10.4 Å². The first-order valence-electron chi connectivity index (χ1n) is 10.4. The van der Waals surface area contributed by atoms with Gasteiger partial charge in [0.15, 0.2) is 0 Å². The summed E-state index contributed by atoms with van der Waals surface area (Å²) >= 11 is 0. The average molecular weight is 380 g/mol. The van der Waals surface area contributed by atoms with Crippen LogP contribution in [-0.2, 0) is 6.54 Å². The van der Waals surface area contributed by atoms with Crippen LogP contribution >= 0.6 is 0 Å². The molecule has 2 fully saturated rings. The number of carbonyl (C=O) groups excluding carboxylic acids is 1. The maximum Gasteiger partial charge on any atom is 0.317 e. The molecule has 1 aliphatic carbocycles. The van der Waals surface area contributed by atoms with Crippen molar-refractivity contribution in [1.82, 2.24) is 20.0 Å². The first-order valence-corrected chi connectivity index (χ1v) is 10.4. The molecule has 0 bridgehead atoms. The Balaban J connectivity index is 1.34. The van der Waals surface area contributed by atoms with Gasteiger partial charge in [0, 0.05) is 37.3 Å². The molecule has 2 amide bonds. The van der Waals surface area contributed by atoms with Crippen molar-refractivity contribution >= 4 is 6.03 Å². The largest absolute Gasteiger partial charge is 0.335 e. The van der Waals surface area contributed by atoms with Gasteiger partial charge in [-0.15, -0.1) is 0 Å². The van der Waals surface area contributed by atoms with Gasteiger partial charge in [-0.05, 0) is 37.7 Å². The van der Waals surface area contributed by atoms with Crippen molar-refractivity contribution in [2.75, 3.05) is 13.1 Å².